The maximum absolute atomic E-state index is 13.5. The van der Waals surface area contributed by atoms with E-state index in [-0.39, 0.29) is 18.4 Å². The van der Waals surface area contributed by atoms with Gasteiger partial charge in [-0.25, -0.2) is 0 Å². The van der Waals surface area contributed by atoms with Crippen molar-refractivity contribution in [1.82, 2.24) is 4.90 Å². The Morgan fingerprint density at radius 1 is 1.06 bits per heavy atom. The summed E-state index contributed by atoms with van der Waals surface area (Å²) < 4.78 is 5.24. The quantitative estimate of drug-likeness (QED) is 0.747. The van der Waals surface area contributed by atoms with Crippen LogP contribution in [0.25, 0.3) is 0 Å². The summed E-state index contributed by atoms with van der Waals surface area (Å²) in [4.78, 5) is 33.2. The Bertz CT molecular complexity index is 1030. The van der Waals surface area contributed by atoms with Crippen molar-refractivity contribution in [1.29, 1.82) is 0 Å². The molecule has 0 unspecified atom stereocenters. The van der Waals surface area contributed by atoms with Crippen LogP contribution in [-0.4, -0.2) is 41.7 Å². The van der Waals surface area contributed by atoms with Gasteiger partial charge >= 0.3 is 0 Å². The molecule has 32 heavy (non-hydrogen) atoms. The minimum atomic E-state index is -0.636. The van der Waals surface area contributed by atoms with Gasteiger partial charge in [0.2, 0.25) is 5.91 Å². The van der Waals surface area contributed by atoms with Crippen molar-refractivity contribution in [3.05, 3.63) is 59.2 Å². The molecular formula is C26H31N3O3. The fourth-order valence-corrected chi connectivity index (χ4v) is 4.75. The molecule has 1 aliphatic carbocycles. The number of anilines is 1. The first kappa shape index (κ1) is 22.1. The highest BCUT2D eigenvalue weighted by molar-refractivity contribution is 6.47. The Morgan fingerprint density at radius 3 is 2.38 bits per heavy atom. The fraction of sp³-hybridized carbons (Fsp3) is 0.423. The van der Waals surface area contributed by atoms with Crippen molar-refractivity contribution >= 4 is 23.2 Å². The van der Waals surface area contributed by atoms with Gasteiger partial charge in [-0.05, 0) is 75.4 Å². The molecule has 2 aromatic carbocycles. The molecule has 1 fully saturated rings. The Balaban J connectivity index is 1.60. The SMILES string of the molecule is COc1ccc(C2=NC3(CCCCCC3)N(CC(=O)Nc3ccc(C)cc3C)C2=O)cc1. The third-order valence-corrected chi connectivity index (χ3v) is 6.50. The first-order chi connectivity index (χ1) is 15.4. The molecule has 2 aliphatic rings. The molecule has 2 aromatic rings. The Morgan fingerprint density at radius 2 is 1.75 bits per heavy atom. The second-order valence-electron chi connectivity index (χ2n) is 8.84. The number of hydrogen-bond donors (Lipinski definition) is 1. The summed E-state index contributed by atoms with van der Waals surface area (Å²) in [5.74, 6) is 0.363. The number of carbonyl (C=O) groups is 2. The number of benzene rings is 2. The Kier molecular flexibility index (Phi) is 6.31. The number of amides is 2. The smallest absolute Gasteiger partial charge is 0.275 e. The normalized spacial score (nSPS) is 17.8. The predicted molar refractivity (Wildman–Crippen MR) is 126 cm³/mol. The minimum Gasteiger partial charge on any atom is -0.497 e. The number of ether oxygens (including phenoxy) is 1. The maximum Gasteiger partial charge on any atom is 0.275 e. The first-order valence-electron chi connectivity index (χ1n) is 11.4. The lowest BCUT2D eigenvalue weighted by Gasteiger charge is -2.35. The summed E-state index contributed by atoms with van der Waals surface area (Å²) in [5, 5.41) is 2.99. The van der Waals surface area contributed by atoms with Gasteiger partial charge in [0.25, 0.3) is 5.91 Å². The standard InChI is InChI=1S/C26H31N3O3/c1-18-8-13-22(19(2)16-18)27-23(30)17-29-25(31)24(20-9-11-21(32-3)12-10-20)28-26(29)14-6-4-5-7-15-26/h8-13,16H,4-7,14-15,17H2,1-3H3,(H,27,30). The van der Waals surface area contributed by atoms with Gasteiger partial charge in [-0.15, -0.1) is 0 Å². The fourth-order valence-electron chi connectivity index (χ4n) is 4.75. The van der Waals surface area contributed by atoms with Crippen molar-refractivity contribution in [2.75, 3.05) is 19.0 Å². The molecular weight excluding hydrogens is 402 g/mol. The zero-order valence-corrected chi connectivity index (χ0v) is 19.1. The van der Waals surface area contributed by atoms with E-state index in [1.807, 2.05) is 56.3 Å². The van der Waals surface area contributed by atoms with Crippen molar-refractivity contribution < 1.29 is 14.3 Å². The van der Waals surface area contributed by atoms with E-state index in [9.17, 15) is 9.59 Å². The van der Waals surface area contributed by atoms with Gasteiger partial charge in [0.15, 0.2) is 0 Å². The van der Waals surface area contributed by atoms with Crippen LogP contribution in [0.4, 0.5) is 5.69 Å². The average molecular weight is 434 g/mol. The third-order valence-electron chi connectivity index (χ3n) is 6.50. The number of carbonyl (C=O) groups excluding carboxylic acids is 2. The summed E-state index contributed by atoms with van der Waals surface area (Å²) in [7, 11) is 1.61. The molecule has 2 amide bonds. The van der Waals surface area contributed by atoms with Crippen LogP contribution >= 0.6 is 0 Å². The van der Waals surface area contributed by atoms with Gasteiger partial charge in [0.05, 0.1) is 7.11 Å². The Hall–Kier alpha value is -3.15. The number of aryl methyl sites for hydroxylation is 2. The highest BCUT2D eigenvalue weighted by Gasteiger charge is 2.47. The van der Waals surface area contributed by atoms with Crippen molar-refractivity contribution in [3.8, 4) is 5.75 Å². The van der Waals surface area contributed by atoms with Crippen molar-refractivity contribution in [2.24, 2.45) is 4.99 Å². The average Bonchev–Trinajstić information content (AvgIpc) is 2.93. The van der Waals surface area contributed by atoms with Crippen LogP contribution in [0.1, 0.15) is 55.2 Å². The summed E-state index contributed by atoms with van der Waals surface area (Å²) in [6.07, 6.45) is 5.84. The molecule has 1 saturated carbocycles. The van der Waals surface area contributed by atoms with E-state index in [2.05, 4.69) is 5.32 Å². The molecule has 1 heterocycles. The molecule has 1 aliphatic heterocycles. The number of hydrogen-bond acceptors (Lipinski definition) is 4. The third kappa shape index (κ3) is 4.40. The molecule has 6 nitrogen and oxygen atoms in total. The lowest BCUT2D eigenvalue weighted by molar-refractivity contribution is -0.133. The van der Waals surface area contributed by atoms with Crippen LogP contribution < -0.4 is 10.1 Å². The predicted octanol–water partition coefficient (Wildman–Crippen LogP) is 4.63. The zero-order valence-electron chi connectivity index (χ0n) is 19.1. The largest absolute Gasteiger partial charge is 0.497 e. The highest BCUT2D eigenvalue weighted by Crippen LogP contribution is 2.38. The number of rotatable bonds is 5. The van der Waals surface area contributed by atoms with E-state index < -0.39 is 5.66 Å². The van der Waals surface area contributed by atoms with Gasteiger partial charge in [0, 0.05) is 11.3 Å². The van der Waals surface area contributed by atoms with Gasteiger partial charge < -0.3 is 15.0 Å². The lowest BCUT2D eigenvalue weighted by atomic mass is 10.00. The van der Waals surface area contributed by atoms with Crippen molar-refractivity contribution in [3.63, 3.8) is 0 Å². The van der Waals surface area contributed by atoms with Crippen LogP contribution in [-0.2, 0) is 9.59 Å². The molecule has 1 spiro atoms. The van der Waals surface area contributed by atoms with Gasteiger partial charge in [-0.2, -0.15) is 0 Å². The number of methoxy groups -OCH3 is 1. The van der Waals surface area contributed by atoms with E-state index in [4.69, 9.17) is 9.73 Å². The molecule has 0 atom stereocenters. The van der Waals surface area contributed by atoms with Crippen LogP contribution in [0, 0.1) is 13.8 Å². The van der Waals surface area contributed by atoms with E-state index in [0.29, 0.717) is 5.71 Å². The molecule has 6 heteroatoms. The van der Waals surface area contributed by atoms with E-state index in [1.54, 1.807) is 12.0 Å². The molecule has 1 N–H and O–H groups in total. The number of aliphatic imine (C=N–C) groups is 1. The van der Waals surface area contributed by atoms with E-state index in [0.717, 1.165) is 66.7 Å². The highest BCUT2D eigenvalue weighted by atomic mass is 16.5. The zero-order chi connectivity index (χ0) is 22.7. The number of nitrogens with one attached hydrogen (secondary N) is 1. The van der Waals surface area contributed by atoms with Crippen LogP contribution in [0.15, 0.2) is 47.5 Å². The topological polar surface area (TPSA) is 71.0 Å². The van der Waals surface area contributed by atoms with Crippen molar-refractivity contribution in [2.45, 2.75) is 58.0 Å². The van der Waals surface area contributed by atoms with E-state index in [1.165, 1.54) is 0 Å². The number of nitrogens with zero attached hydrogens (tertiary/aromatic N) is 2. The Labute approximate surface area is 189 Å². The molecule has 0 saturated heterocycles. The molecule has 0 radical (unpaired) electrons. The monoisotopic (exact) mass is 433 g/mol. The molecule has 0 aromatic heterocycles. The summed E-state index contributed by atoms with van der Waals surface area (Å²) >= 11 is 0. The lowest BCUT2D eigenvalue weighted by Crippen LogP contribution is -2.50. The van der Waals surface area contributed by atoms with E-state index >= 15 is 0 Å². The molecule has 0 bridgehead atoms. The second kappa shape index (κ2) is 9.15. The van der Waals surface area contributed by atoms with Gasteiger partial charge in [-0.1, -0.05) is 30.5 Å². The second-order valence-corrected chi connectivity index (χ2v) is 8.84. The van der Waals surface area contributed by atoms with Crippen LogP contribution in [0.5, 0.6) is 5.75 Å². The molecule has 4 rings (SSSR count). The summed E-state index contributed by atoms with van der Waals surface area (Å²) in [6, 6.07) is 13.3. The van der Waals surface area contributed by atoms with Gasteiger partial charge in [-0.3, -0.25) is 14.6 Å². The van der Waals surface area contributed by atoms with Crippen LogP contribution in [0.3, 0.4) is 0 Å². The molecule has 168 valence electrons. The summed E-state index contributed by atoms with van der Waals surface area (Å²) in [5.41, 5.74) is 3.49. The van der Waals surface area contributed by atoms with Crippen LogP contribution in [0.2, 0.25) is 0 Å². The summed E-state index contributed by atoms with van der Waals surface area (Å²) in [6.45, 7) is 3.99. The first-order valence-corrected chi connectivity index (χ1v) is 11.4. The van der Waals surface area contributed by atoms with Gasteiger partial charge in [0.1, 0.15) is 23.7 Å². The minimum absolute atomic E-state index is 0.00466. The maximum atomic E-state index is 13.5.